The van der Waals surface area contributed by atoms with E-state index in [1.165, 1.54) is 17.7 Å². The van der Waals surface area contributed by atoms with Gasteiger partial charge in [-0.25, -0.2) is 4.98 Å². The van der Waals surface area contributed by atoms with E-state index in [0.29, 0.717) is 18.8 Å². The Hall–Kier alpha value is -2.63. The van der Waals surface area contributed by atoms with E-state index in [-0.39, 0.29) is 5.91 Å². The number of imidazole rings is 1. The summed E-state index contributed by atoms with van der Waals surface area (Å²) in [6, 6.07) is 7.97. The molecule has 0 saturated carbocycles. The number of nitrogens with one attached hydrogen (secondary N) is 2. The molecule has 1 fully saturated rings. The molecule has 1 amide bonds. The lowest BCUT2D eigenvalue weighted by Crippen LogP contribution is -2.40. The molecule has 1 saturated heterocycles. The number of aromatic amines is 2. The number of hydrogen-bond acceptors (Lipinski definition) is 3. The van der Waals surface area contributed by atoms with Crippen LogP contribution in [-0.2, 0) is 17.6 Å². The number of H-pyrrole nitrogens is 2. The fourth-order valence-corrected chi connectivity index (χ4v) is 3.83. The lowest BCUT2D eigenvalue weighted by atomic mass is 9.92. The van der Waals surface area contributed by atoms with Crippen LogP contribution in [0, 0.1) is 12.8 Å². The SMILES string of the molecule is Cc1cn[nH]c1C[C@H]1CCCN(C(=O)CCc2nc3ccccc3[nH]2)C1. The first-order chi connectivity index (χ1) is 12.7. The van der Waals surface area contributed by atoms with Crippen LogP contribution in [0.3, 0.4) is 0 Å². The van der Waals surface area contributed by atoms with Gasteiger partial charge >= 0.3 is 0 Å². The van der Waals surface area contributed by atoms with E-state index in [1.807, 2.05) is 35.4 Å². The number of para-hydroxylation sites is 2. The Morgan fingerprint density at radius 3 is 3.04 bits per heavy atom. The molecule has 2 aromatic heterocycles. The van der Waals surface area contributed by atoms with Gasteiger partial charge in [-0.05, 0) is 49.8 Å². The molecule has 1 atom stereocenters. The second-order valence-corrected chi connectivity index (χ2v) is 7.28. The van der Waals surface area contributed by atoms with Gasteiger partial charge in [-0.3, -0.25) is 9.89 Å². The van der Waals surface area contributed by atoms with E-state index in [1.54, 1.807) is 0 Å². The van der Waals surface area contributed by atoms with E-state index in [0.717, 1.165) is 42.8 Å². The third-order valence-corrected chi connectivity index (χ3v) is 5.31. The molecule has 136 valence electrons. The summed E-state index contributed by atoms with van der Waals surface area (Å²) in [6.07, 6.45) is 6.26. The Bertz CT molecular complexity index is 863. The molecule has 0 spiro atoms. The number of aryl methyl sites for hydroxylation is 2. The third-order valence-electron chi connectivity index (χ3n) is 5.31. The zero-order valence-corrected chi connectivity index (χ0v) is 15.2. The molecule has 0 unspecified atom stereocenters. The number of rotatable bonds is 5. The summed E-state index contributed by atoms with van der Waals surface area (Å²) in [6.45, 7) is 3.80. The van der Waals surface area contributed by atoms with Gasteiger partial charge in [-0.15, -0.1) is 0 Å². The number of benzene rings is 1. The average Bonchev–Trinajstić information content (AvgIpc) is 3.26. The predicted molar refractivity (Wildman–Crippen MR) is 101 cm³/mol. The molecule has 2 N–H and O–H groups in total. The van der Waals surface area contributed by atoms with Crippen LogP contribution in [0.2, 0.25) is 0 Å². The molecule has 1 aliphatic rings. The van der Waals surface area contributed by atoms with E-state index in [4.69, 9.17) is 0 Å². The lowest BCUT2D eigenvalue weighted by Gasteiger charge is -2.32. The Morgan fingerprint density at radius 2 is 2.23 bits per heavy atom. The average molecular weight is 351 g/mol. The van der Waals surface area contributed by atoms with E-state index in [9.17, 15) is 4.79 Å². The second kappa shape index (κ2) is 7.32. The molecule has 6 heteroatoms. The number of nitrogens with zero attached hydrogens (tertiary/aromatic N) is 3. The maximum absolute atomic E-state index is 12.7. The Labute approximate surface area is 153 Å². The highest BCUT2D eigenvalue weighted by Crippen LogP contribution is 2.22. The molecule has 3 heterocycles. The van der Waals surface area contributed by atoms with Gasteiger partial charge in [0.2, 0.25) is 5.91 Å². The van der Waals surface area contributed by atoms with Crippen molar-refractivity contribution in [2.45, 2.75) is 39.0 Å². The smallest absolute Gasteiger partial charge is 0.223 e. The highest BCUT2D eigenvalue weighted by molar-refractivity contribution is 5.77. The Morgan fingerprint density at radius 1 is 1.35 bits per heavy atom. The minimum Gasteiger partial charge on any atom is -0.342 e. The molecule has 4 rings (SSSR count). The molecule has 6 nitrogen and oxygen atoms in total. The van der Waals surface area contributed by atoms with Crippen LogP contribution in [-0.4, -0.2) is 44.1 Å². The van der Waals surface area contributed by atoms with Crippen molar-refractivity contribution < 1.29 is 4.79 Å². The van der Waals surface area contributed by atoms with Crippen LogP contribution < -0.4 is 0 Å². The largest absolute Gasteiger partial charge is 0.342 e. The van der Waals surface area contributed by atoms with Crippen molar-refractivity contribution in [2.75, 3.05) is 13.1 Å². The minimum atomic E-state index is 0.233. The first-order valence-electron chi connectivity index (χ1n) is 9.39. The number of carbonyl (C=O) groups excluding carboxylic acids is 1. The first-order valence-corrected chi connectivity index (χ1v) is 9.39. The third kappa shape index (κ3) is 3.64. The first kappa shape index (κ1) is 16.8. The molecule has 0 aliphatic carbocycles. The van der Waals surface area contributed by atoms with Crippen molar-refractivity contribution in [2.24, 2.45) is 5.92 Å². The van der Waals surface area contributed by atoms with Gasteiger partial charge in [0.15, 0.2) is 0 Å². The number of aromatic nitrogens is 4. The summed E-state index contributed by atoms with van der Waals surface area (Å²) >= 11 is 0. The van der Waals surface area contributed by atoms with Gasteiger partial charge in [-0.2, -0.15) is 5.10 Å². The van der Waals surface area contributed by atoms with Gasteiger partial charge in [0.25, 0.3) is 0 Å². The normalized spacial score (nSPS) is 17.7. The van der Waals surface area contributed by atoms with Gasteiger partial charge in [0.05, 0.1) is 17.2 Å². The summed E-state index contributed by atoms with van der Waals surface area (Å²) in [5.41, 5.74) is 4.40. The Balaban J connectivity index is 1.33. The summed E-state index contributed by atoms with van der Waals surface area (Å²) in [5.74, 6) is 1.63. The van der Waals surface area contributed by atoms with Crippen molar-refractivity contribution in [3.8, 4) is 0 Å². The maximum atomic E-state index is 12.7. The number of likely N-dealkylation sites (tertiary alicyclic amines) is 1. The summed E-state index contributed by atoms with van der Waals surface area (Å²) in [4.78, 5) is 22.6. The lowest BCUT2D eigenvalue weighted by molar-refractivity contribution is -0.133. The number of piperidine rings is 1. The molecule has 1 aliphatic heterocycles. The number of hydrogen-bond donors (Lipinski definition) is 2. The summed E-state index contributed by atoms with van der Waals surface area (Å²) in [7, 11) is 0. The molecular formula is C20H25N5O. The standard InChI is InChI=1S/C20H25N5O/c1-14-12-21-24-18(14)11-15-5-4-10-25(13-15)20(26)9-8-19-22-16-6-2-3-7-17(16)23-19/h2-3,6-7,12,15H,4-5,8-11,13H2,1H3,(H,21,24)(H,22,23)/t15-/m1/s1. The monoisotopic (exact) mass is 351 g/mol. The minimum absolute atomic E-state index is 0.233. The van der Waals surface area contributed by atoms with Gasteiger partial charge in [-0.1, -0.05) is 12.1 Å². The van der Waals surface area contributed by atoms with Crippen LogP contribution in [0.25, 0.3) is 11.0 Å². The van der Waals surface area contributed by atoms with Gasteiger partial charge in [0.1, 0.15) is 5.82 Å². The van der Waals surface area contributed by atoms with Gasteiger partial charge < -0.3 is 9.88 Å². The van der Waals surface area contributed by atoms with Crippen molar-refractivity contribution in [1.82, 2.24) is 25.1 Å². The molecule has 0 radical (unpaired) electrons. The van der Waals surface area contributed by atoms with Crippen molar-refractivity contribution in [3.63, 3.8) is 0 Å². The van der Waals surface area contributed by atoms with Crippen molar-refractivity contribution >= 4 is 16.9 Å². The van der Waals surface area contributed by atoms with Crippen LogP contribution in [0.1, 0.15) is 36.3 Å². The van der Waals surface area contributed by atoms with Crippen molar-refractivity contribution in [1.29, 1.82) is 0 Å². The number of amides is 1. The highest BCUT2D eigenvalue weighted by atomic mass is 16.2. The molecular weight excluding hydrogens is 326 g/mol. The van der Waals surface area contributed by atoms with Gasteiger partial charge in [0, 0.05) is 31.6 Å². The summed E-state index contributed by atoms with van der Waals surface area (Å²) < 4.78 is 0. The molecule has 1 aromatic carbocycles. The Kier molecular flexibility index (Phi) is 4.73. The fourth-order valence-electron chi connectivity index (χ4n) is 3.83. The maximum Gasteiger partial charge on any atom is 0.223 e. The van der Waals surface area contributed by atoms with Crippen molar-refractivity contribution in [3.05, 3.63) is 47.5 Å². The highest BCUT2D eigenvalue weighted by Gasteiger charge is 2.24. The van der Waals surface area contributed by atoms with Crippen LogP contribution in [0.15, 0.2) is 30.5 Å². The summed E-state index contributed by atoms with van der Waals surface area (Å²) in [5, 5.41) is 7.20. The topological polar surface area (TPSA) is 77.7 Å². The van der Waals surface area contributed by atoms with E-state index in [2.05, 4.69) is 27.1 Å². The number of carbonyl (C=O) groups is 1. The van der Waals surface area contributed by atoms with Crippen LogP contribution >= 0.6 is 0 Å². The van der Waals surface area contributed by atoms with E-state index < -0.39 is 0 Å². The molecule has 3 aromatic rings. The van der Waals surface area contributed by atoms with Crippen LogP contribution in [0.5, 0.6) is 0 Å². The molecule has 0 bridgehead atoms. The predicted octanol–water partition coefficient (Wildman–Crippen LogP) is 3.01. The number of fused-ring (bicyclic) bond motifs is 1. The van der Waals surface area contributed by atoms with E-state index >= 15 is 0 Å². The molecule has 26 heavy (non-hydrogen) atoms. The zero-order chi connectivity index (χ0) is 17.9. The second-order valence-electron chi connectivity index (χ2n) is 7.28. The van der Waals surface area contributed by atoms with Crippen LogP contribution in [0.4, 0.5) is 0 Å². The zero-order valence-electron chi connectivity index (χ0n) is 15.2. The fraction of sp³-hybridized carbons (Fsp3) is 0.450. The quantitative estimate of drug-likeness (QED) is 0.742.